The molecular weight excluding hydrogens is 415 g/mol. The second kappa shape index (κ2) is 9.32. The molecule has 2 amide bonds. The average Bonchev–Trinajstić information content (AvgIpc) is 3.25. The molecule has 29 heavy (non-hydrogen) atoms. The van der Waals surface area contributed by atoms with E-state index in [4.69, 9.17) is 32.4 Å². The standard InChI is InChI=1S/C21H16Cl2N2O4/c1-28-16-8-6-15(7-9-16)24-20(26)18(25-21(27)19-3-2-10-29-19)11-13-4-5-14(22)12-17(13)23/h2-12H,1H3,(H,24,26)(H,25,27)/b18-11-. The maximum atomic E-state index is 12.8. The summed E-state index contributed by atoms with van der Waals surface area (Å²) in [5.74, 6) is -0.398. The van der Waals surface area contributed by atoms with Crippen molar-refractivity contribution in [2.75, 3.05) is 12.4 Å². The summed E-state index contributed by atoms with van der Waals surface area (Å²) >= 11 is 12.1. The van der Waals surface area contributed by atoms with Crippen molar-refractivity contribution >= 4 is 46.8 Å². The lowest BCUT2D eigenvalue weighted by Crippen LogP contribution is -2.30. The van der Waals surface area contributed by atoms with Gasteiger partial charge in [0.2, 0.25) is 0 Å². The van der Waals surface area contributed by atoms with Gasteiger partial charge in [-0.15, -0.1) is 0 Å². The van der Waals surface area contributed by atoms with Gasteiger partial charge in [-0.05, 0) is 60.2 Å². The number of methoxy groups -OCH3 is 1. The molecule has 148 valence electrons. The molecule has 0 saturated carbocycles. The van der Waals surface area contributed by atoms with Crippen LogP contribution < -0.4 is 15.4 Å². The summed E-state index contributed by atoms with van der Waals surface area (Å²) in [6, 6.07) is 14.7. The Bertz CT molecular complexity index is 1050. The van der Waals surface area contributed by atoms with E-state index < -0.39 is 11.8 Å². The van der Waals surface area contributed by atoms with Crippen LogP contribution in [-0.4, -0.2) is 18.9 Å². The molecule has 0 radical (unpaired) electrons. The maximum Gasteiger partial charge on any atom is 0.291 e. The minimum atomic E-state index is -0.573. The van der Waals surface area contributed by atoms with Gasteiger partial charge in [-0.3, -0.25) is 9.59 Å². The Hall–Kier alpha value is -3.22. The Labute approximate surface area is 177 Å². The fourth-order valence-electron chi connectivity index (χ4n) is 2.40. The van der Waals surface area contributed by atoms with Crippen molar-refractivity contribution < 1.29 is 18.7 Å². The minimum Gasteiger partial charge on any atom is -0.497 e. The molecule has 0 unspecified atom stereocenters. The highest BCUT2D eigenvalue weighted by Gasteiger charge is 2.17. The third-order valence-electron chi connectivity index (χ3n) is 3.85. The van der Waals surface area contributed by atoms with Gasteiger partial charge in [0.25, 0.3) is 11.8 Å². The first-order chi connectivity index (χ1) is 14.0. The number of nitrogens with one attached hydrogen (secondary N) is 2. The Morgan fingerprint density at radius 2 is 1.83 bits per heavy atom. The van der Waals surface area contributed by atoms with Gasteiger partial charge in [0.15, 0.2) is 5.76 Å². The Morgan fingerprint density at radius 3 is 2.45 bits per heavy atom. The molecule has 2 N–H and O–H groups in total. The maximum absolute atomic E-state index is 12.8. The van der Waals surface area contributed by atoms with Crippen molar-refractivity contribution in [1.29, 1.82) is 0 Å². The van der Waals surface area contributed by atoms with E-state index in [1.54, 1.807) is 55.6 Å². The number of rotatable bonds is 6. The van der Waals surface area contributed by atoms with E-state index in [9.17, 15) is 9.59 Å². The van der Waals surface area contributed by atoms with Crippen LogP contribution in [0.5, 0.6) is 5.75 Å². The van der Waals surface area contributed by atoms with Gasteiger partial charge in [-0.2, -0.15) is 0 Å². The van der Waals surface area contributed by atoms with Crippen LogP contribution in [0.2, 0.25) is 10.0 Å². The molecule has 0 spiro atoms. The van der Waals surface area contributed by atoms with E-state index in [-0.39, 0.29) is 11.5 Å². The largest absolute Gasteiger partial charge is 0.497 e. The monoisotopic (exact) mass is 430 g/mol. The lowest BCUT2D eigenvalue weighted by atomic mass is 10.1. The highest BCUT2D eigenvalue weighted by Crippen LogP contribution is 2.23. The number of ether oxygens (including phenoxy) is 1. The van der Waals surface area contributed by atoms with Crippen molar-refractivity contribution in [2.24, 2.45) is 0 Å². The second-order valence-corrected chi connectivity index (χ2v) is 6.68. The zero-order valence-corrected chi connectivity index (χ0v) is 16.8. The summed E-state index contributed by atoms with van der Waals surface area (Å²) < 4.78 is 10.2. The molecule has 8 heteroatoms. The van der Waals surface area contributed by atoms with Crippen LogP contribution >= 0.6 is 23.2 Å². The molecule has 0 aliphatic rings. The van der Waals surface area contributed by atoms with Gasteiger partial charge in [0.05, 0.1) is 13.4 Å². The molecule has 0 aliphatic heterocycles. The first-order valence-electron chi connectivity index (χ1n) is 8.43. The summed E-state index contributed by atoms with van der Waals surface area (Å²) in [7, 11) is 1.55. The molecule has 0 bridgehead atoms. The molecular formula is C21H16Cl2N2O4. The zero-order valence-electron chi connectivity index (χ0n) is 15.2. The fraction of sp³-hybridized carbons (Fsp3) is 0.0476. The molecule has 2 aromatic carbocycles. The average molecular weight is 431 g/mol. The third kappa shape index (κ3) is 5.40. The number of carbonyl (C=O) groups is 2. The molecule has 1 aromatic heterocycles. The summed E-state index contributed by atoms with van der Waals surface area (Å²) in [5, 5.41) is 6.06. The predicted molar refractivity (Wildman–Crippen MR) is 112 cm³/mol. The second-order valence-electron chi connectivity index (χ2n) is 5.84. The van der Waals surface area contributed by atoms with Gasteiger partial charge in [0, 0.05) is 15.7 Å². The summed E-state index contributed by atoms with van der Waals surface area (Å²) in [6.45, 7) is 0. The molecule has 0 atom stereocenters. The number of hydrogen-bond donors (Lipinski definition) is 2. The lowest BCUT2D eigenvalue weighted by molar-refractivity contribution is -0.113. The van der Waals surface area contributed by atoms with Gasteiger partial charge >= 0.3 is 0 Å². The highest BCUT2D eigenvalue weighted by atomic mass is 35.5. The first kappa shape index (κ1) is 20.5. The van der Waals surface area contributed by atoms with E-state index >= 15 is 0 Å². The van der Waals surface area contributed by atoms with Crippen LogP contribution in [0.1, 0.15) is 16.1 Å². The van der Waals surface area contributed by atoms with Crippen LogP contribution in [0.3, 0.4) is 0 Å². The number of benzene rings is 2. The van der Waals surface area contributed by atoms with E-state index in [0.29, 0.717) is 27.0 Å². The quantitative estimate of drug-likeness (QED) is 0.538. The first-order valence-corrected chi connectivity index (χ1v) is 9.19. The molecule has 6 nitrogen and oxygen atoms in total. The SMILES string of the molecule is COc1ccc(NC(=O)/C(=C/c2ccc(Cl)cc2Cl)NC(=O)c2ccco2)cc1. The van der Waals surface area contributed by atoms with Crippen molar-refractivity contribution in [1.82, 2.24) is 5.32 Å². The summed E-state index contributed by atoms with van der Waals surface area (Å²) in [6.07, 6.45) is 2.82. The smallest absolute Gasteiger partial charge is 0.291 e. The highest BCUT2D eigenvalue weighted by molar-refractivity contribution is 6.35. The van der Waals surface area contributed by atoms with Crippen LogP contribution in [0.4, 0.5) is 5.69 Å². The van der Waals surface area contributed by atoms with Crippen LogP contribution in [0.25, 0.3) is 6.08 Å². The van der Waals surface area contributed by atoms with Crippen molar-refractivity contribution in [3.63, 3.8) is 0 Å². The molecule has 1 heterocycles. The van der Waals surface area contributed by atoms with E-state index in [2.05, 4.69) is 10.6 Å². The van der Waals surface area contributed by atoms with E-state index in [1.165, 1.54) is 18.4 Å². The number of furan rings is 1. The number of amides is 2. The lowest BCUT2D eigenvalue weighted by Gasteiger charge is -2.11. The third-order valence-corrected chi connectivity index (χ3v) is 4.41. The Kier molecular flexibility index (Phi) is 6.59. The zero-order chi connectivity index (χ0) is 20.8. The molecule has 0 aliphatic carbocycles. The van der Waals surface area contributed by atoms with Gasteiger partial charge in [-0.25, -0.2) is 0 Å². The summed E-state index contributed by atoms with van der Waals surface area (Å²) in [5.41, 5.74) is 1.01. The molecule has 0 fully saturated rings. The number of halogens is 2. The van der Waals surface area contributed by atoms with Crippen molar-refractivity contribution in [3.8, 4) is 5.75 Å². The van der Waals surface area contributed by atoms with Crippen LogP contribution in [0, 0.1) is 0 Å². The van der Waals surface area contributed by atoms with Crippen molar-refractivity contribution in [3.05, 3.63) is 87.9 Å². The van der Waals surface area contributed by atoms with Gasteiger partial charge < -0.3 is 19.8 Å². The number of anilines is 1. The topological polar surface area (TPSA) is 80.6 Å². The fourth-order valence-corrected chi connectivity index (χ4v) is 2.86. The van der Waals surface area contributed by atoms with Crippen LogP contribution in [-0.2, 0) is 4.79 Å². The summed E-state index contributed by atoms with van der Waals surface area (Å²) in [4.78, 5) is 25.2. The predicted octanol–water partition coefficient (Wildman–Crippen LogP) is 5.00. The van der Waals surface area contributed by atoms with E-state index in [1.807, 2.05) is 0 Å². The molecule has 0 saturated heterocycles. The Balaban J connectivity index is 1.89. The number of carbonyl (C=O) groups excluding carboxylic acids is 2. The molecule has 3 aromatic rings. The normalized spacial score (nSPS) is 11.1. The van der Waals surface area contributed by atoms with Gasteiger partial charge in [-0.1, -0.05) is 29.3 Å². The minimum absolute atomic E-state index is 0.0218. The van der Waals surface area contributed by atoms with Crippen LogP contribution in [0.15, 0.2) is 71.0 Å². The number of hydrogen-bond acceptors (Lipinski definition) is 4. The van der Waals surface area contributed by atoms with Crippen molar-refractivity contribution in [2.45, 2.75) is 0 Å². The van der Waals surface area contributed by atoms with Gasteiger partial charge in [0.1, 0.15) is 11.4 Å². The molecule has 3 rings (SSSR count). The van der Waals surface area contributed by atoms with E-state index in [0.717, 1.165) is 0 Å². The Morgan fingerprint density at radius 1 is 1.07 bits per heavy atom.